The van der Waals surface area contributed by atoms with E-state index in [0.29, 0.717) is 0 Å². The molecule has 0 spiro atoms. The SMILES string of the molecule is CN(C)CCN(CCN(C)C)CCN(C)C.[Cu]. The van der Waals surface area contributed by atoms with E-state index < -0.39 is 0 Å². The molecule has 0 atom stereocenters. The van der Waals surface area contributed by atoms with Crippen molar-refractivity contribution < 1.29 is 17.1 Å². The van der Waals surface area contributed by atoms with Gasteiger partial charge in [0.1, 0.15) is 0 Å². The smallest absolute Gasteiger partial charge is 0.0110 e. The maximum atomic E-state index is 2.54. The molecular weight excluding hydrogens is 264 g/mol. The third-order valence-corrected chi connectivity index (χ3v) is 2.59. The van der Waals surface area contributed by atoms with Gasteiger partial charge in [-0.05, 0) is 42.3 Å². The van der Waals surface area contributed by atoms with Gasteiger partial charge >= 0.3 is 0 Å². The molecule has 0 aliphatic rings. The number of hydrogen-bond donors (Lipinski definition) is 0. The topological polar surface area (TPSA) is 13.0 Å². The fourth-order valence-corrected chi connectivity index (χ4v) is 1.36. The van der Waals surface area contributed by atoms with Crippen LogP contribution in [-0.4, -0.2) is 101 Å². The van der Waals surface area contributed by atoms with Crippen LogP contribution in [-0.2, 0) is 17.1 Å². The standard InChI is InChI=1S/C12H30N4.Cu/c1-13(2)7-10-16(11-8-14(3)4)12-9-15(5)6;/h7-12H2,1-6H3;. The number of nitrogens with zero attached hydrogens (tertiary/aromatic N) is 4. The summed E-state index contributed by atoms with van der Waals surface area (Å²) in [4.78, 5) is 9.29. The molecule has 0 fully saturated rings. The third-order valence-electron chi connectivity index (χ3n) is 2.59. The van der Waals surface area contributed by atoms with Gasteiger partial charge in [-0.2, -0.15) is 0 Å². The van der Waals surface area contributed by atoms with Crippen LogP contribution in [0.3, 0.4) is 0 Å². The minimum Gasteiger partial charge on any atom is -0.308 e. The Labute approximate surface area is 118 Å². The van der Waals surface area contributed by atoms with Gasteiger partial charge in [-0.25, -0.2) is 0 Å². The van der Waals surface area contributed by atoms with E-state index in [0.717, 1.165) is 39.3 Å². The van der Waals surface area contributed by atoms with Crippen molar-refractivity contribution in [2.75, 3.05) is 81.6 Å². The van der Waals surface area contributed by atoms with Crippen molar-refractivity contribution >= 4 is 0 Å². The minimum atomic E-state index is 0. The molecule has 0 saturated carbocycles. The maximum absolute atomic E-state index is 2.54. The van der Waals surface area contributed by atoms with Crippen LogP contribution >= 0.6 is 0 Å². The van der Waals surface area contributed by atoms with Crippen LogP contribution in [0.4, 0.5) is 0 Å². The van der Waals surface area contributed by atoms with Gasteiger partial charge in [-0.15, -0.1) is 0 Å². The molecule has 0 unspecified atom stereocenters. The van der Waals surface area contributed by atoms with E-state index in [9.17, 15) is 0 Å². The molecule has 0 aromatic heterocycles. The average Bonchev–Trinajstić information content (AvgIpc) is 2.15. The molecule has 0 aliphatic carbocycles. The van der Waals surface area contributed by atoms with Gasteiger partial charge in [-0.3, -0.25) is 4.90 Å². The van der Waals surface area contributed by atoms with E-state index >= 15 is 0 Å². The van der Waals surface area contributed by atoms with Crippen LogP contribution in [0.5, 0.6) is 0 Å². The summed E-state index contributed by atoms with van der Waals surface area (Å²) in [6, 6.07) is 0. The van der Waals surface area contributed by atoms with Gasteiger partial charge in [0.15, 0.2) is 0 Å². The van der Waals surface area contributed by atoms with Crippen molar-refractivity contribution in [2.24, 2.45) is 0 Å². The van der Waals surface area contributed by atoms with Gasteiger partial charge < -0.3 is 14.7 Å². The second-order valence-electron chi connectivity index (χ2n) is 5.25. The predicted molar refractivity (Wildman–Crippen MR) is 72.1 cm³/mol. The molecule has 0 aromatic carbocycles. The molecule has 4 nitrogen and oxygen atoms in total. The molecule has 109 valence electrons. The molecule has 0 N–H and O–H groups in total. The molecule has 0 saturated heterocycles. The fourth-order valence-electron chi connectivity index (χ4n) is 1.36. The molecule has 0 rings (SSSR count). The maximum Gasteiger partial charge on any atom is 0.0110 e. The van der Waals surface area contributed by atoms with Crippen LogP contribution in [0, 0.1) is 0 Å². The van der Waals surface area contributed by atoms with E-state index in [1.54, 1.807) is 0 Å². The second kappa shape index (κ2) is 11.4. The van der Waals surface area contributed by atoms with Crippen LogP contribution in [0.15, 0.2) is 0 Å². The van der Waals surface area contributed by atoms with Gasteiger partial charge in [0.25, 0.3) is 0 Å². The quantitative estimate of drug-likeness (QED) is 0.554. The van der Waals surface area contributed by atoms with Crippen LogP contribution in [0.2, 0.25) is 0 Å². The fraction of sp³-hybridized carbons (Fsp3) is 1.00. The molecule has 0 heterocycles. The van der Waals surface area contributed by atoms with E-state index in [2.05, 4.69) is 61.9 Å². The molecule has 5 heteroatoms. The first kappa shape index (κ1) is 19.7. The molecule has 0 bridgehead atoms. The van der Waals surface area contributed by atoms with Crippen molar-refractivity contribution in [2.45, 2.75) is 0 Å². The summed E-state index contributed by atoms with van der Waals surface area (Å²) >= 11 is 0. The van der Waals surface area contributed by atoms with Gasteiger partial charge in [0.2, 0.25) is 0 Å². The summed E-state index contributed by atoms with van der Waals surface area (Å²) in [6.45, 7) is 6.90. The van der Waals surface area contributed by atoms with Gasteiger partial charge in [0.05, 0.1) is 0 Å². The van der Waals surface area contributed by atoms with Crippen LogP contribution in [0.25, 0.3) is 0 Å². The Morgan fingerprint density at radius 1 is 0.471 bits per heavy atom. The van der Waals surface area contributed by atoms with Gasteiger partial charge in [-0.1, -0.05) is 0 Å². The van der Waals surface area contributed by atoms with Crippen molar-refractivity contribution in [3.63, 3.8) is 0 Å². The van der Waals surface area contributed by atoms with Crippen molar-refractivity contribution in [1.29, 1.82) is 0 Å². The normalized spacial score (nSPS) is 11.6. The first-order chi connectivity index (χ1) is 7.41. The molecule has 1 radical (unpaired) electrons. The predicted octanol–water partition coefficient (Wildman–Crippen LogP) is -0.0293. The average molecular weight is 294 g/mol. The van der Waals surface area contributed by atoms with E-state index in [1.165, 1.54) is 0 Å². The summed E-state index contributed by atoms with van der Waals surface area (Å²) in [6.07, 6.45) is 0. The molecular formula is C12H30CuN4. The Morgan fingerprint density at radius 2 is 0.706 bits per heavy atom. The number of rotatable bonds is 9. The zero-order valence-electron chi connectivity index (χ0n) is 12.3. The molecule has 17 heavy (non-hydrogen) atoms. The molecule has 0 amide bonds. The number of hydrogen-bond acceptors (Lipinski definition) is 4. The van der Waals surface area contributed by atoms with Crippen LogP contribution in [0.1, 0.15) is 0 Å². The van der Waals surface area contributed by atoms with Gasteiger partial charge in [0, 0.05) is 56.3 Å². The Morgan fingerprint density at radius 3 is 0.882 bits per heavy atom. The summed E-state index contributed by atoms with van der Waals surface area (Å²) in [5.41, 5.74) is 0. The van der Waals surface area contributed by atoms with Crippen molar-refractivity contribution in [3.8, 4) is 0 Å². The van der Waals surface area contributed by atoms with E-state index in [-0.39, 0.29) is 17.1 Å². The van der Waals surface area contributed by atoms with E-state index in [4.69, 9.17) is 0 Å². The van der Waals surface area contributed by atoms with E-state index in [1.807, 2.05) is 0 Å². The second-order valence-corrected chi connectivity index (χ2v) is 5.25. The molecule has 0 aliphatic heterocycles. The van der Waals surface area contributed by atoms with Crippen LogP contribution < -0.4 is 0 Å². The Hall–Kier alpha value is 0.359. The minimum absolute atomic E-state index is 0. The first-order valence-electron chi connectivity index (χ1n) is 6.08. The monoisotopic (exact) mass is 293 g/mol. The zero-order chi connectivity index (χ0) is 12.6. The third kappa shape index (κ3) is 14.3. The van der Waals surface area contributed by atoms with Crippen molar-refractivity contribution in [3.05, 3.63) is 0 Å². The summed E-state index contributed by atoms with van der Waals surface area (Å²) in [7, 11) is 12.8. The summed E-state index contributed by atoms with van der Waals surface area (Å²) in [5.74, 6) is 0. The van der Waals surface area contributed by atoms with Crippen molar-refractivity contribution in [1.82, 2.24) is 19.6 Å². The Balaban J connectivity index is 0. The number of likely N-dealkylation sites (N-methyl/N-ethyl adjacent to an activating group) is 3. The largest absolute Gasteiger partial charge is 0.308 e. The Kier molecular flexibility index (Phi) is 13.3. The first-order valence-corrected chi connectivity index (χ1v) is 6.08. The summed E-state index contributed by atoms with van der Waals surface area (Å²) in [5, 5.41) is 0. The molecule has 0 aromatic rings. The zero-order valence-corrected chi connectivity index (χ0v) is 13.3. The summed E-state index contributed by atoms with van der Waals surface area (Å²) < 4.78 is 0. The Bertz CT molecular complexity index is 134.